The number of hydrogen-bond donors (Lipinski definition) is 0. The van der Waals surface area contributed by atoms with Gasteiger partial charge in [0.05, 0.1) is 5.56 Å². The largest absolute Gasteiger partial charge is 0.416 e. The predicted octanol–water partition coefficient (Wildman–Crippen LogP) is 2.65. The predicted molar refractivity (Wildman–Crippen MR) is 56.4 cm³/mol. The van der Waals surface area contributed by atoms with E-state index in [0.717, 1.165) is 6.07 Å². The van der Waals surface area contributed by atoms with Crippen molar-refractivity contribution in [3.8, 4) is 0 Å². The van der Waals surface area contributed by atoms with Crippen LogP contribution in [0.5, 0.6) is 0 Å². The number of likely N-dealkylation sites (tertiary alicyclic amines) is 1. The zero-order chi connectivity index (χ0) is 12.5. The highest BCUT2D eigenvalue weighted by Gasteiger charge is 2.36. The van der Waals surface area contributed by atoms with Crippen molar-refractivity contribution in [1.82, 2.24) is 4.90 Å². The number of benzene rings is 1. The summed E-state index contributed by atoms with van der Waals surface area (Å²) in [6.45, 7) is 0.900. The minimum absolute atomic E-state index is 0.210. The van der Waals surface area contributed by atoms with E-state index in [1.165, 1.54) is 17.0 Å². The summed E-state index contributed by atoms with van der Waals surface area (Å²) < 4.78 is 38.4. The molecule has 2 nitrogen and oxygen atoms in total. The minimum atomic E-state index is -4.33. The van der Waals surface area contributed by atoms with Crippen molar-refractivity contribution in [3.05, 3.63) is 35.4 Å². The van der Waals surface area contributed by atoms with Crippen LogP contribution >= 0.6 is 0 Å². The van der Waals surface area contributed by atoms with Crippen molar-refractivity contribution in [2.75, 3.05) is 13.1 Å². The number of alkyl halides is 3. The van der Waals surface area contributed by atoms with E-state index in [-0.39, 0.29) is 5.92 Å². The zero-order valence-corrected chi connectivity index (χ0v) is 9.07. The molecule has 1 unspecified atom stereocenters. The number of hydrogen-bond acceptors (Lipinski definition) is 1. The molecule has 1 aromatic carbocycles. The molecule has 5 heteroatoms. The standard InChI is InChI=1S/C12H12F3NO/c13-12(14,15)11-4-2-1-3-10(11)9-5-6-16(7-9)8-17/h1-4,8-9H,5-7H2. The first kappa shape index (κ1) is 12.0. The Kier molecular flexibility index (Phi) is 3.09. The molecular formula is C12H12F3NO. The highest BCUT2D eigenvalue weighted by molar-refractivity contribution is 5.48. The van der Waals surface area contributed by atoms with Crippen LogP contribution in [0.25, 0.3) is 0 Å². The molecule has 0 N–H and O–H groups in total. The van der Waals surface area contributed by atoms with Gasteiger partial charge in [-0.1, -0.05) is 18.2 Å². The number of amides is 1. The third kappa shape index (κ3) is 2.43. The monoisotopic (exact) mass is 243 g/mol. The van der Waals surface area contributed by atoms with Gasteiger partial charge in [0.1, 0.15) is 0 Å². The second-order valence-electron chi connectivity index (χ2n) is 4.17. The average molecular weight is 243 g/mol. The smallest absolute Gasteiger partial charge is 0.345 e. The Labute approximate surface area is 97.0 Å². The summed E-state index contributed by atoms with van der Waals surface area (Å²) in [5.41, 5.74) is -0.290. The summed E-state index contributed by atoms with van der Waals surface area (Å²) in [4.78, 5) is 12.1. The van der Waals surface area contributed by atoms with Gasteiger partial charge in [0.25, 0.3) is 0 Å². The maximum Gasteiger partial charge on any atom is 0.416 e. The van der Waals surface area contributed by atoms with Gasteiger partial charge in [-0.25, -0.2) is 0 Å². The van der Waals surface area contributed by atoms with Crippen LogP contribution in [-0.4, -0.2) is 24.4 Å². The molecule has 1 atom stereocenters. The SMILES string of the molecule is O=CN1CCC(c2ccccc2C(F)(F)F)C1. The highest BCUT2D eigenvalue weighted by atomic mass is 19.4. The third-order valence-electron chi connectivity index (χ3n) is 3.07. The van der Waals surface area contributed by atoms with E-state index >= 15 is 0 Å². The fourth-order valence-electron chi connectivity index (χ4n) is 2.25. The van der Waals surface area contributed by atoms with Gasteiger partial charge in [-0.15, -0.1) is 0 Å². The Morgan fingerprint density at radius 3 is 2.59 bits per heavy atom. The van der Waals surface area contributed by atoms with E-state index in [2.05, 4.69) is 0 Å². The second kappa shape index (κ2) is 4.39. The number of carbonyl (C=O) groups excluding carboxylic acids is 1. The van der Waals surface area contributed by atoms with Crippen LogP contribution in [0.15, 0.2) is 24.3 Å². The first-order valence-corrected chi connectivity index (χ1v) is 5.38. The van der Waals surface area contributed by atoms with Crippen LogP contribution in [0.3, 0.4) is 0 Å². The molecule has 1 amide bonds. The molecule has 17 heavy (non-hydrogen) atoms. The molecule has 92 valence electrons. The molecule has 1 aromatic rings. The summed E-state index contributed by atoms with van der Waals surface area (Å²) in [6.07, 6.45) is -3.05. The maximum absolute atomic E-state index is 12.8. The van der Waals surface area contributed by atoms with E-state index < -0.39 is 11.7 Å². The molecule has 1 fully saturated rings. The van der Waals surface area contributed by atoms with Crippen LogP contribution in [0.1, 0.15) is 23.5 Å². The summed E-state index contributed by atoms with van der Waals surface area (Å²) in [5.74, 6) is -0.210. The Bertz CT molecular complexity index is 416. The van der Waals surface area contributed by atoms with Gasteiger partial charge in [-0.05, 0) is 18.1 Å². The number of carbonyl (C=O) groups is 1. The Hall–Kier alpha value is -1.52. The minimum Gasteiger partial charge on any atom is -0.345 e. The normalized spacial score (nSPS) is 20.6. The van der Waals surface area contributed by atoms with Crippen LogP contribution in [0.2, 0.25) is 0 Å². The molecule has 0 aliphatic carbocycles. The van der Waals surface area contributed by atoms with Crippen LogP contribution in [-0.2, 0) is 11.0 Å². The summed E-state index contributed by atoms with van der Waals surface area (Å²) >= 11 is 0. The highest BCUT2D eigenvalue weighted by Crippen LogP contribution is 2.37. The number of halogens is 3. The fraction of sp³-hybridized carbons (Fsp3) is 0.417. The topological polar surface area (TPSA) is 20.3 Å². The lowest BCUT2D eigenvalue weighted by molar-refractivity contribution is -0.138. The fourth-order valence-corrected chi connectivity index (χ4v) is 2.25. The van der Waals surface area contributed by atoms with Crippen LogP contribution in [0, 0.1) is 0 Å². The van der Waals surface area contributed by atoms with Crippen molar-refractivity contribution >= 4 is 6.41 Å². The summed E-state index contributed by atoms with van der Waals surface area (Å²) in [6, 6.07) is 5.59. The van der Waals surface area contributed by atoms with Crippen molar-refractivity contribution in [3.63, 3.8) is 0 Å². The van der Waals surface area contributed by atoms with Crippen molar-refractivity contribution in [2.24, 2.45) is 0 Å². The lowest BCUT2D eigenvalue weighted by atomic mass is 9.93. The second-order valence-corrected chi connectivity index (χ2v) is 4.17. The van der Waals surface area contributed by atoms with Gasteiger partial charge in [-0.2, -0.15) is 13.2 Å². The quantitative estimate of drug-likeness (QED) is 0.731. The van der Waals surface area contributed by atoms with E-state index in [9.17, 15) is 18.0 Å². The maximum atomic E-state index is 12.8. The first-order chi connectivity index (χ1) is 8.02. The zero-order valence-electron chi connectivity index (χ0n) is 9.07. The molecule has 1 heterocycles. The van der Waals surface area contributed by atoms with Crippen molar-refractivity contribution in [2.45, 2.75) is 18.5 Å². The molecule has 0 spiro atoms. The third-order valence-corrected chi connectivity index (χ3v) is 3.07. The Balaban J connectivity index is 2.30. The van der Waals surface area contributed by atoms with Gasteiger partial charge in [0, 0.05) is 19.0 Å². The number of nitrogens with zero attached hydrogens (tertiary/aromatic N) is 1. The van der Waals surface area contributed by atoms with Gasteiger partial charge < -0.3 is 4.90 Å². The molecule has 1 aliphatic heterocycles. The van der Waals surface area contributed by atoms with Crippen LogP contribution in [0.4, 0.5) is 13.2 Å². The van der Waals surface area contributed by atoms with Gasteiger partial charge in [0.2, 0.25) is 6.41 Å². The van der Waals surface area contributed by atoms with E-state index in [1.54, 1.807) is 6.07 Å². The molecule has 1 saturated heterocycles. The van der Waals surface area contributed by atoms with Gasteiger partial charge in [0.15, 0.2) is 0 Å². The summed E-state index contributed by atoms with van der Waals surface area (Å²) in [7, 11) is 0. The van der Waals surface area contributed by atoms with E-state index in [4.69, 9.17) is 0 Å². The molecule has 2 rings (SSSR count). The molecule has 0 radical (unpaired) electrons. The average Bonchev–Trinajstić information content (AvgIpc) is 2.76. The lowest BCUT2D eigenvalue weighted by Gasteiger charge is -2.17. The van der Waals surface area contributed by atoms with E-state index in [0.29, 0.717) is 31.5 Å². The van der Waals surface area contributed by atoms with Gasteiger partial charge in [-0.3, -0.25) is 4.79 Å². The van der Waals surface area contributed by atoms with Crippen molar-refractivity contribution < 1.29 is 18.0 Å². The Morgan fingerprint density at radius 2 is 2.00 bits per heavy atom. The molecule has 1 aliphatic rings. The summed E-state index contributed by atoms with van der Waals surface area (Å²) in [5, 5.41) is 0. The van der Waals surface area contributed by atoms with Gasteiger partial charge >= 0.3 is 6.18 Å². The lowest BCUT2D eigenvalue weighted by Crippen LogP contribution is -2.18. The molecular weight excluding hydrogens is 231 g/mol. The van der Waals surface area contributed by atoms with Crippen LogP contribution < -0.4 is 0 Å². The molecule has 0 aromatic heterocycles. The van der Waals surface area contributed by atoms with Crippen molar-refractivity contribution in [1.29, 1.82) is 0 Å². The Morgan fingerprint density at radius 1 is 1.29 bits per heavy atom. The number of rotatable bonds is 2. The molecule has 0 bridgehead atoms. The first-order valence-electron chi connectivity index (χ1n) is 5.38. The molecule has 0 saturated carbocycles. The van der Waals surface area contributed by atoms with E-state index in [1.807, 2.05) is 0 Å².